The molecule has 0 radical (unpaired) electrons. The van der Waals surface area contributed by atoms with Gasteiger partial charge in [-0.3, -0.25) is 9.36 Å². The molecule has 0 aliphatic rings. The Labute approximate surface area is 159 Å². The molecule has 0 atom stereocenters. The smallest absolute Gasteiger partial charge is 0.408 e. The van der Waals surface area contributed by atoms with E-state index in [2.05, 4.69) is 4.98 Å². The summed E-state index contributed by atoms with van der Waals surface area (Å²) in [6, 6.07) is 14.9. The number of benzene rings is 2. The first kappa shape index (κ1) is 17.2. The number of hydrogen-bond acceptors (Lipinski definition) is 5. The zero-order valence-corrected chi connectivity index (χ0v) is 15.7. The van der Waals surface area contributed by atoms with Crippen LogP contribution in [0, 0.1) is 0 Å². The maximum Gasteiger partial charge on any atom is 0.419 e. The quantitative estimate of drug-likeness (QED) is 0.544. The first-order valence-electron chi connectivity index (χ1n) is 8.38. The number of nitrogens with zero attached hydrogens (tertiary/aromatic N) is 3. The number of hydrogen-bond donors (Lipinski definition) is 0. The fourth-order valence-corrected chi connectivity index (χ4v) is 3.70. The predicted molar refractivity (Wildman–Crippen MR) is 105 cm³/mol. The molecule has 0 spiro atoms. The van der Waals surface area contributed by atoms with Gasteiger partial charge in [0.25, 0.3) is 5.91 Å². The first-order valence-corrected chi connectivity index (χ1v) is 9.26. The third kappa shape index (κ3) is 3.29. The third-order valence-corrected chi connectivity index (χ3v) is 5.30. The first-order chi connectivity index (χ1) is 13.0. The van der Waals surface area contributed by atoms with Crippen LogP contribution >= 0.6 is 11.3 Å². The second kappa shape index (κ2) is 6.85. The zero-order valence-electron chi connectivity index (χ0n) is 14.9. The normalized spacial score (nSPS) is 11.0. The molecule has 6 nitrogen and oxygen atoms in total. The van der Waals surface area contributed by atoms with Gasteiger partial charge in [-0.15, -0.1) is 11.3 Å². The summed E-state index contributed by atoms with van der Waals surface area (Å²) in [4.78, 5) is 30.6. The molecular formula is C20H17N3O3S. The molecular weight excluding hydrogens is 362 g/mol. The summed E-state index contributed by atoms with van der Waals surface area (Å²) in [5.74, 6) is -0.585. The molecule has 0 saturated carbocycles. The van der Waals surface area contributed by atoms with Gasteiger partial charge in [-0.2, -0.15) is 0 Å². The summed E-state index contributed by atoms with van der Waals surface area (Å²) in [7, 11) is 3.36. The zero-order chi connectivity index (χ0) is 19.0. The molecule has 27 heavy (non-hydrogen) atoms. The number of thiazole rings is 1. The van der Waals surface area contributed by atoms with Gasteiger partial charge in [0.05, 0.1) is 17.8 Å². The number of carbonyl (C=O) groups excluding carboxylic acids is 1. The van der Waals surface area contributed by atoms with Gasteiger partial charge in [-0.05, 0) is 18.2 Å². The monoisotopic (exact) mass is 379 g/mol. The summed E-state index contributed by atoms with van der Waals surface area (Å²) in [6.07, 6.45) is 0. The molecule has 0 aliphatic heterocycles. The van der Waals surface area contributed by atoms with E-state index in [0.717, 1.165) is 16.3 Å². The van der Waals surface area contributed by atoms with Gasteiger partial charge in [-0.25, -0.2) is 9.78 Å². The van der Waals surface area contributed by atoms with E-state index in [4.69, 9.17) is 4.42 Å². The molecule has 7 heteroatoms. The lowest BCUT2D eigenvalue weighted by Crippen LogP contribution is -2.26. The summed E-state index contributed by atoms with van der Waals surface area (Å²) in [5, 5.41) is 2.90. The molecule has 2 aromatic carbocycles. The molecule has 0 aliphatic carbocycles. The van der Waals surface area contributed by atoms with Gasteiger partial charge in [0.1, 0.15) is 5.01 Å². The number of aryl methyl sites for hydroxylation is 1. The topological polar surface area (TPSA) is 68.3 Å². The van der Waals surface area contributed by atoms with Crippen molar-refractivity contribution < 1.29 is 9.21 Å². The van der Waals surface area contributed by atoms with Crippen LogP contribution in [0.3, 0.4) is 0 Å². The summed E-state index contributed by atoms with van der Waals surface area (Å²) in [6.45, 7) is 0.407. The van der Waals surface area contributed by atoms with Gasteiger partial charge in [0, 0.05) is 30.6 Å². The van der Waals surface area contributed by atoms with E-state index in [-0.39, 0.29) is 5.91 Å². The van der Waals surface area contributed by atoms with E-state index in [1.54, 1.807) is 48.5 Å². The second-order valence-electron chi connectivity index (χ2n) is 6.28. The molecule has 0 fully saturated rings. The molecule has 1 amide bonds. The lowest BCUT2D eigenvalue weighted by Gasteiger charge is -2.16. The fraction of sp³-hybridized carbons (Fsp3) is 0.150. The lowest BCUT2D eigenvalue weighted by molar-refractivity contribution is 0.0784. The Morgan fingerprint density at radius 1 is 1.22 bits per heavy atom. The van der Waals surface area contributed by atoms with E-state index < -0.39 is 5.76 Å². The van der Waals surface area contributed by atoms with Crippen molar-refractivity contribution in [2.75, 3.05) is 7.05 Å². The minimum Gasteiger partial charge on any atom is -0.408 e. The minimum atomic E-state index is -0.445. The van der Waals surface area contributed by atoms with Crippen molar-refractivity contribution in [3.8, 4) is 10.6 Å². The van der Waals surface area contributed by atoms with E-state index in [1.165, 1.54) is 4.57 Å². The number of amides is 1. The molecule has 136 valence electrons. The highest BCUT2D eigenvalue weighted by Crippen LogP contribution is 2.24. The summed E-state index contributed by atoms with van der Waals surface area (Å²) in [5.41, 5.74) is 3.47. The SMILES string of the molecule is CN(Cc1csc(-c2ccccc2)n1)C(=O)c1ccc2oc(=O)n(C)c2c1. The Bertz CT molecular complexity index is 1170. The second-order valence-corrected chi connectivity index (χ2v) is 7.14. The van der Waals surface area contributed by atoms with Crippen LogP contribution in [0.4, 0.5) is 0 Å². The van der Waals surface area contributed by atoms with Crippen LogP contribution in [-0.2, 0) is 13.6 Å². The van der Waals surface area contributed by atoms with E-state index in [1.807, 2.05) is 35.7 Å². The Balaban J connectivity index is 1.54. The van der Waals surface area contributed by atoms with Crippen LogP contribution in [0.15, 0.2) is 63.1 Å². The Morgan fingerprint density at radius 2 is 2.00 bits per heavy atom. The lowest BCUT2D eigenvalue weighted by atomic mass is 10.2. The molecule has 2 aromatic heterocycles. The highest BCUT2D eigenvalue weighted by atomic mass is 32.1. The average Bonchev–Trinajstić information content (AvgIpc) is 3.26. The predicted octanol–water partition coefficient (Wildman–Crippen LogP) is 3.53. The minimum absolute atomic E-state index is 0.139. The van der Waals surface area contributed by atoms with E-state index >= 15 is 0 Å². The standard InChI is InChI=1S/C20H17N3O3S/c1-22(11-15-12-27-18(21-15)13-6-4-3-5-7-13)19(24)14-8-9-17-16(10-14)23(2)20(25)26-17/h3-10,12H,11H2,1-2H3. The van der Waals surface area contributed by atoms with Gasteiger partial charge in [0.2, 0.25) is 0 Å². The number of oxazole rings is 1. The van der Waals surface area contributed by atoms with Crippen molar-refractivity contribution in [3.05, 3.63) is 75.7 Å². The molecule has 0 saturated heterocycles. The number of rotatable bonds is 4. The highest BCUT2D eigenvalue weighted by molar-refractivity contribution is 7.13. The van der Waals surface area contributed by atoms with Crippen LogP contribution in [-0.4, -0.2) is 27.4 Å². The molecule has 4 aromatic rings. The van der Waals surface area contributed by atoms with Crippen LogP contribution < -0.4 is 5.76 Å². The van der Waals surface area contributed by atoms with E-state index in [0.29, 0.717) is 23.2 Å². The maximum absolute atomic E-state index is 12.8. The van der Waals surface area contributed by atoms with Crippen LogP contribution in [0.1, 0.15) is 16.1 Å². The van der Waals surface area contributed by atoms with Gasteiger partial charge in [0.15, 0.2) is 5.58 Å². The Hall–Kier alpha value is -3.19. The fourth-order valence-electron chi connectivity index (χ4n) is 2.89. The maximum atomic E-state index is 12.8. The molecule has 4 rings (SSSR count). The van der Waals surface area contributed by atoms with Crippen molar-refractivity contribution in [2.45, 2.75) is 6.54 Å². The number of fused-ring (bicyclic) bond motifs is 1. The van der Waals surface area contributed by atoms with Crippen molar-refractivity contribution in [1.82, 2.24) is 14.5 Å². The van der Waals surface area contributed by atoms with Gasteiger partial charge in [-0.1, -0.05) is 30.3 Å². The van der Waals surface area contributed by atoms with Crippen molar-refractivity contribution >= 4 is 28.3 Å². The molecule has 0 N–H and O–H groups in total. The highest BCUT2D eigenvalue weighted by Gasteiger charge is 2.16. The van der Waals surface area contributed by atoms with Gasteiger partial charge < -0.3 is 9.32 Å². The van der Waals surface area contributed by atoms with Crippen molar-refractivity contribution in [3.63, 3.8) is 0 Å². The van der Waals surface area contributed by atoms with Crippen LogP contribution in [0.2, 0.25) is 0 Å². The van der Waals surface area contributed by atoms with Crippen molar-refractivity contribution in [2.24, 2.45) is 7.05 Å². The molecule has 0 bridgehead atoms. The Morgan fingerprint density at radius 3 is 2.78 bits per heavy atom. The van der Waals surface area contributed by atoms with Crippen molar-refractivity contribution in [1.29, 1.82) is 0 Å². The summed E-state index contributed by atoms with van der Waals surface area (Å²) >= 11 is 1.56. The Kier molecular flexibility index (Phi) is 4.37. The summed E-state index contributed by atoms with van der Waals surface area (Å²) < 4.78 is 6.50. The van der Waals surface area contributed by atoms with Crippen LogP contribution in [0.5, 0.6) is 0 Å². The number of aromatic nitrogens is 2. The van der Waals surface area contributed by atoms with Crippen LogP contribution in [0.25, 0.3) is 21.7 Å². The largest absolute Gasteiger partial charge is 0.419 e. The molecule has 2 heterocycles. The molecule has 0 unspecified atom stereocenters. The van der Waals surface area contributed by atoms with Gasteiger partial charge >= 0.3 is 5.76 Å². The van der Waals surface area contributed by atoms with E-state index in [9.17, 15) is 9.59 Å². The average molecular weight is 379 g/mol. The number of carbonyl (C=O) groups is 1. The third-order valence-electron chi connectivity index (χ3n) is 4.36.